The van der Waals surface area contributed by atoms with Gasteiger partial charge < -0.3 is 9.64 Å². The van der Waals surface area contributed by atoms with E-state index in [0.29, 0.717) is 13.0 Å². The number of hydrogen-bond donors (Lipinski definition) is 0. The number of carbonyl (C=O) groups excluding carboxylic acids is 1. The second-order valence-corrected chi connectivity index (χ2v) is 7.77. The van der Waals surface area contributed by atoms with Crippen molar-refractivity contribution in [2.45, 2.75) is 36.9 Å². The highest BCUT2D eigenvalue weighted by molar-refractivity contribution is 9.10. The lowest BCUT2D eigenvalue weighted by Gasteiger charge is -2.41. The summed E-state index contributed by atoms with van der Waals surface area (Å²) in [7, 11) is 0. The van der Waals surface area contributed by atoms with Crippen LogP contribution in [0.1, 0.15) is 41.5 Å². The molecule has 5 rings (SSSR count). The molecule has 0 unspecified atom stereocenters. The number of nitrogens with zero attached hydrogens (tertiary/aromatic N) is 1. The van der Waals surface area contributed by atoms with Gasteiger partial charge in [0.25, 0.3) is 0 Å². The molecule has 0 bridgehead atoms. The smallest absolute Gasteiger partial charge is 0.226 e. The van der Waals surface area contributed by atoms with Crippen LogP contribution in [-0.2, 0) is 16.0 Å². The summed E-state index contributed by atoms with van der Waals surface area (Å²) in [5.41, 5.74) is 3.32. The summed E-state index contributed by atoms with van der Waals surface area (Å²) < 4.78 is 7.50. The molecule has 2 aromatic carbocycles. The van der Waals surface area contributed by atoms with Crippen molar-refractivity contribution in [3.63, 3.8) is 0 Å². The monoisotopic (exact) mass is 383 g/mol. The summed E-state index contributed by atoms with van der Waals surface area (Å²) in [6.07, 6.45) is 2.38. The van der Waals surface area contributed by atoms with Crippen LogP contribution in [0.3, 0.4) is 0 Å². The molecule has 3 atom stereocenters. The van der Waals surface area contributed by atoms with E-state index in [0.717, 1.165) is 17.3 Å². The van der Waals surface area contributed by atoms with E-state index in [1.165, 1.54) is 16.7 Å². The minimum absolute atomic E-state index is 0.0349. The van der Waals surface area contributed by atoms with E-state index in [1.54, 1.807) is 0 Å². The van der Waals surface area contributed by atoms with Crippen molar-refractivity contribution in [3.8, 4) is 0 Å². The van der Waals surface area contributed by atoms with Gasteiger partial charge in [-0.2, -0.15) is 0 Å². The van der Waals surface area contributed by atoms with Crippen LogP contribution < -0.4 is 0 Å². The predicted molar refractivity (Wildman–Crippen MR) is 94.5 cm³/mol. The van der Waals surface area contributed by atoms with Crippen molar-refractivity contribution < 1.29 is 9.53 Å². The molecule has 3 nitrogen and oxygen atoms in total. The number of benzene rings is 2. The molecule has 0 radical (unpaired) electrons. The Morgan fingerprint density at radius 1 is 1.12 bits per heavy atom. The van der Waals surface area contributed by atoms with Gasteiger partial charge in [0.2, 0.25) is 5.91 Å². The molecule has 2 aromatic rings. The quantitative estimate of drug-likeness (QED) is 0.738. The molecule has 3 aliphatic rings. The summed E-state index contributed by atoms with van der Waals surface area (Å²) in [5.74, 6) is 0.341. The third kappa shape index (κ3) is 1.84. The first-order valence-corrected chi connectivity index (χ1v) is 9.28. The molecule has 2 saturated heterocycles. The zero-order valence-corrected chi connectivity index (χ0v) is 14.8. The molecular formula is C20H18BrNO2. The fraction of sp³-hybridized carbons (Fsp3) is 0.350. The first kappa shape index (κ1) is 14.7. The SMILES string of the molecule is O=C1C[C@H]2c3c(Br)cccc3CC[C@]23OC[C@@H](c2ccccc2)N13. The lowest BCUT2D eigenvalue weighted by atomic mass is 9.77. The predicted octanol–water partition coefficient (Wildman–Crippen LogP) is 4.18. The second-order valence-electron chi connectivity index (χ2n) is 6.92. The minimum atomic E-state index is -0.464. The number of carbonyl (C=O) groups is 1. The van der Waals surface area contributed by atoms with Crippen LogP contribution in [0.15, 0.2) is 53.0 Å². The molecule has 122 valence electrons. The number of fused-ring (bicyclic) bond motifs is 2. The average Bonchev–Trinajstić information content (AvgIpc) is 3.11. The molecule has 0 aromatic heterocycles. The molecule has 0 N–H and O–H groups in total. The van der Waals surface area contributed by atoms with E-state index in [4.69, 9.17) is 4.74 Å². The van der Waals surface area contributed by atoms with Gasteiger partial charge >= 0.3 is 0 Å². The Labute approximate surface area is 149 Å². The van der Waals surface area contributed by atoms with Crippen molar-refractivity contribution in [2.75, 3.05) is 6.61 Å². The highest BCUT2D eigenvalue weighted by atomic mass is 79.9. The van der Waals surface area contributed by atoms with E-state index in [-0.39, 0.29) is 17.9 Å². The van der Waals surface area contributed by atoms with Gasteiger partial charge in [0, 0.05) is 23.2 Å². The summed E-state index contributed by atoms with van der Waals surface area (Å²) in [6, 6.07) is 16.7. The van der Waals surface area contributed by atoms with E-state index in [2.05, 4.69) is 51.2 Å². The molecule has 4 heteroatoms. The summed E-state index contributed by atoms with van der Waals surface area (Å²) >= 11 is 3.71. The maximum atomic E-state index is 13.0. The number of amides is 1. The third-order valence-corrected chi connectivity index (χ3v) is 6.52. The molecule has 1 amide bonds. The zero-order valence-electron chi connectivity index (χ0n) is 13.2. The number of aryl methyl sites for hydroxylation is 1. The van der Waals surface area contributed by atoms with Crippen molar-refractivity contribution >= 4 is 21.8 Å². The first-order valence-electron chi connectivity index (χ1n) is 8.49. The molecule has 0 saturated carbocycles. The lowest BCUT2D eigenvalue weighted by Crippen LogP contribution is -2.47. The largest absolute Gasteiger partial charge is 0.352 e. The van der Waals surface area contributed by atoms with E-state index in [9.17, 15) is 4.79 Å². The van der Waals surface area contributed by atoms with Gasteiger partial charge in [-0.25, -0.2) is 0 Å². The van der Waals surface area contributed by atoms with E-state index in [1.807, 2.05) is 18.2 Å². The molecule has 24 heavy (non-hydrogen) atoms. The number of ether oxygens (including phenoxy) is 1. The number of halogens is 1. The van der Waals surface area contributed by atoms with Crippen molar-refractivity contribution in [3.05, 3.63) is 69.7 Å². The molecule has 2 heterocycles. The Hall–Kier alpha value is -1.65. The van der Waals surface area contributed by atoms with Crippen LogP contribution in [0.25, 0.3) is 0 Å². The van der Waals surface area contributed by atoms with Gasteiger partial charge in [-0.1, -0.05) is 58.4 Å². The molecule has 2 aliphatic heterocycles. The Kier molecular flexibility index (Phi) is 3.16. The highest BCUT2D eigenvalue weighted by Gasteiger charge is 2.62. The Morgan fingerprint density at radius 3 is 2.79 bits per heavy atom. The Morgan fingerprint density at radius 2 is 1.96 bits per heavy atom. The van der Waals surface area contributed by atoms with Crippen molar-refractivity contribution in [2.24, 2.45) is 0 Å². The lowest BCUT2D eigenvalue weighted by molar-refractivity contribution is -0.141. The van der Waals surface area contributed by atoms with Gasteiger partial charge in [-0.15, -0.1) is 0 Å². The van der Waals surface area contributed by atoms with Gasteiger partial charge in [0.1, 0.15) is 0 Å². The summed E-state index contributed by atoms with van der Waals surface area (Å²) in [5, 5.41) is 0. The maximum absolute atomic E-state index is 13.0. The van der Waals surface area contributed by atoms with Crippen LogP contribution in [0.4, 0.5) is 0 Å². The van der Waals surface area contributed by atoms with Gasteiger partial charge in [-0.05, 0) is 29.2 Å². The molecule has 2 fully saturated rings. The van der Waals surface area contributed by atoms with Gasteiger partial charge in [-0.3, -0.25) is 4.79 Å². The normalized spacial score (nSPS) is 30.9. The summed E-state index contributed by atoms with van der Waals surface area (Å²) in [4.78, 5) is 15.0. The Balaban J connectivity index is 1.62. The van der Waals surface area contributed by atoms with Gasteiger partial charge in [0.15, 0.2) is 5.72 Å². The van der Waals surface area contributed by atoms with Crippen LogP contribution in [-0.4, -0.2) is 23.1 Å². The van der Waals surface area contributed by atoms with E-state index < -0.39 is 5.72 Å². The maximum Gasteiger partial charge on any atom is 0.226 e. The van der Waals surface area contributed by atoms with Crippen molar-refractivity contribution in [1.82, 2.24) is 4.90 Å². The summed E-state index contributed by atoms with van der Waals surface area (Å²) in [6.45, 7) is 0.589. The van der Waals surface area contributed by atoms with Crippen LogP contribution in [0, 0.1) is 0 Å². The molecular weight excluding hydrogens is 366 g/mol. The fourth-order valence-corrected chi connectivity index (χ4v) is 5.52. The second kappa shape index (κ2) is 5.17. The first-order chi connectivity index (χ1) is 11.7. The minimum Gasteiger partial charge on any atom is -0.352 e. The molecule has 1 spiro atoms. The fourth-order valence-electron chi connectivity index (χ4n) is 4.84. The third-order valence-electron chi connectivity index (χ3n) is 5.83. The Bertz CT molecular complexity index is 822. The van der Waals surface area contributed by atoms with Crippen LogP contribution >= 0.6 is 15.9 Å². The van der Waals surface area contributed by atoms with E-state index >= 15 is 0 Å². The average molecular weight is 384 g/mol. The standard InChI is InChI=1S/C20H18BrNO2/c21-16-8-4-7-14-9-10-20-15(19(14)16)11-18(23)22(20)17(12-24-20)13-5-2-1-3-6-13/h1-8,15,17H,9-12H2/t15-,17-,20-/m0/s1. The van der Waals surface area contributed by atoms with Crippen LogP contribution in [0.2, 0.25) is 0 Å². The van der Waals surface area contributed by atoms with Crippen LogP contribution in [0.5, 0.6) is 0 Å². The van der Waals surface area contributed by atoms with Crippen molar-refractivity contribution in [1.29, 1.82) is 0 Å². The highest BCUT2D eigenvalue weighted by Crippen LogP contribution is 2.57. The zero-order chi connectivity index (χ0) is 16.3. The number of rotatable bonds is 1. The number of hydrogen-bond acceptors (Lipinski definition) is 2. The molecule has 1 aliphatic carbocycles. The topological polar surface area (TPSA) is 29.5 Å². The van der Waals surface area contributed by atoms with Gasteiger partial charge in [0.05, 0.1) is 12.6 Å².